The van der Waals surface area contributed by atoms with Crippen LogP contribution in [0.5, 0.6) is 0 Å². The van der Waals surface area contributed by atoms with Gasteiger partial charge in [-0.05, 0) is 37.5 Å². The summed E-state index contributed by atoms with van der Waals surface area (Å²) >= 11 is 0. The van der Waals surface area contributed by atoms with Crippen molar-refractivity contribution in [1.29, 1.82) is 0 Å². The zero-order valence-electron chi connectivity index (χ0n) is 13.1. The van der Waals surface area contributed by atoms with Crippen molar-refractivity contribution in [3.05, 3.63) is 29.8 Å². The Hall–Kier alpha value is -1.88. The summed E-state index contributed by atoms with van der Waals surface area (Å²) in [6.45, 7) is 3.44. The summed E-state index contributed by atoms with van der Waals surface area (Å²) < 4.78 is 5.35. The minimum absolute atomic E-state index is 0.107. The van der Waals surface area contributed by atoms with Crippen LogP contribution in [-0.2, 0) is 9.53 Å². The summed E-state index contributed by atoms with van der Waals surface area (Å²) in [5.74, 6) is -0.248. The minimum Gasteiger partial charge on any atom is -0.368 e. The van der Waals surface area contributed by atoms with Crippen molar-refractivity contribution in [3.63, 3.8) is 0 Å². The molecule has 5 nitrogen and oxygen atoms in total. The van der Waals surface area contributed by atoms with Gasteiger partial charge in [0, 0.05) is 24.4 Å². The largest absolute Gasteiger partial charge is 0.368 e. The Morgan fingerprint density at radius 1 is 1.32 bits per heavy atom. The first kappa shape index (κ1) is 16.5. The van der Waals surface area contributed by atoms with E-state index in [1.165, 1.54) is 0 Å². The minimum atomic E-state index is -0.369. The van der Waals surface area contributed by atoms with Crippen LogP contribution in [0.15, 0.2) is 24.3 Å². The normalized spacial score (nSPS) is 17.2. The van der Waals surface area contributed by atoms with E-state index in [1.54, 1.807) is 24.3 Å². The lowest BCUT2D eigenvalue weighted by Crippen LogP contribution is -2.27. The van der Waals surface area contributed by atoms with Crippen LogP contribution in [0.3, 0.4) is 0 Å². The number of benzene rings is 1. The standard InChI is InChI=1S/C17H24N2O3/c1-2-3-4-10-18-16(20)13-7-5-8-14(12-13)19-17(21)15-9-6-11-22-15/h5,7-8,12,15H,2-4,6,9-11H2,1H3,(H,18,20)(H,19,21)/t15-/m0/s1. The smallest absolute Gasteiger partial charge is 0.253 e. The van der Waals surface area contributed by atoms with Gasteiger partial charge < -0.3 is 15.4 Å². The van der Waals surface area contributed by atoms with E-state index in [2.05, 4.69) is 17.6 Å². The van der Waals surface area contributed by atoms with Crippen molar-refractivity contribution >= 4 is 17.5 Å². The van der Waals surface area contributed by atoms with Gasteiger partial charge in [0.05, 0.1) is 0 Å². The van der Waals surface area contributed by atoms with Crippen LogP contribution in [0.4, 0.5) is 5.69 Å². The maximum absolute atomic E-state index is 12.1. The van der Waals surface area contributed by atoms with Crippen molar-refractivity contribution in [1.82, 2.24) is 5.32 Å². The summed E-state index contributed by atoms with van der Waals surface area (Å²) in [5, 5.41) is 5.70. The zero-order valence-corrected chi connectivity index (χ0v) is 13.1. The molecule has 1 heterocycles. The first-order chi connectivity index (χ1) is 10.7. The monoisotopic (exact) mass is 304 g/mol. The molecule has 0 radical (unpaired) electrons. The van der Waals surface area contributed by atoms with Gasteiger partial charge in [0.15, 0.2) is 0 Å². The molecule has 1 aliphatic rings. The van der Waals surface area contributed by atoms with Gasteiger partial charge in [0.2, 0.25) is 0 Å². The van der Waals surface area contributed by atoms with Crippen LogP contribution in [0.2, 0.25) is 0 Å². The van der Waals surface area contributed by atoms with Crippen molar-refractivity contribution in [2.75, 3.05) is 18.5 Å². The number of amides is 2. The van der Waals surface area contributed by atoms with Gasteiger partial charge >= 0.3 is 0 Å². The first-order valence-electron chi connectivity index (χ1n) is 8.01. The van der Waals surface area contributed by atoms with Crippen molar-refractivity contribution in [3.8, 4) is 0 Å². The van der Waals surface area contributed by atoms with E-state index in [9.17, 15) is 9.59 Å². The molecule has 0 saturated carbocycles. The molecule has 0 aromatic heterocycles. The van der Waals surface area contributed by atoms with Gasteiger partial charge in [0.25, 0.3) is 11.8 Å². The number of rotatable bonds is 7. The fraction of sp³-hybridized carbons (Fsp3) is 0.529. The SMILES string of the molecule is CCCCCNC(=O)c1cccc(NC(=O)[C@@H]2CCCO2)c1. The van der Waals surface area contributed by atoms with E-state index in [4.69, 9.17) is 4.74 Å². The Morgan fingerprint density at radius 2 is 2.18 bits per heavy atom. The molecule has 0 spiro atoms. The molecule has 120 valence electrons. The highest BCUT2D eigenvalue weighted by Gasteiger charge is 2.23. The predicted octanol–water partition coefficient (Wildman–Crippen LogP) is 2.72. The number of carbonyl (C=O) groups is 2. The molecule has 5 heteroatoms. The lowest BCUT2D eigenvalue weighted by Gasteiger charge is -2.11. The van der Waals surface area contributed by atoms with Crippen LogP contribution >= 0.6 is 0 Å². The van der Waals surface area contributed by atoms with Crippen molar-refractivity contribution in [2.24, 2.45) is 0 Å². The average molecular weight is 304 g/mol. The van der Waals surface area contributed by atoms with Crippen LogP contribution in [0.1, 0.15) is 49.4 Å². The maximum atomic E-state index is 12.1. The molecule has 0 unspecified atom stereocenters. The van der Waals surface area contributed by atoms with Crippen LogP contribution in [0.25, 0.3) is 0 Å². The summed E-state index contributed by atoms with van der Waals surface area (Å²) in [4.78, 5) is 24.1. The highest BCUT2D eigenvalue weighted by molar-refractivity contribution is 5.98. The molecule has 2 rings (SSSR count). The molecule has 0 bridgehead atoms. The van der Waals surface area contributed by atoms with Crippen LogP contribution in [-0.4, -0.2) is 31.1 Å². The Bertz CT molecular complexity index is 510. The lowest BCUT2D eigenvalue weighted by molar-refractivity contribution is -0.124. The van der Waals surface area contributed by atoms with E-state index >= 15 is 0 Å². The second kappa shape index (κ2) is 8.54. The molecule has 1 aliphatic heterocycles. The number of ether oxygens (including phenoxy) is 1. The van der Waals surface area contributed by atoms with Crippen LogP contribution in [0, 0.1) is 0 Å². The van der Waals surface area contributed by atoms with Crippen LogP contribution < -0.4 is 10.6 Å². The molecule has 22 heavy (non-hydrogen) atoms. The third-order valence-corrected chi connectivity index (χ3v) is 3.68. The van der Waals surface area contributed by atoms with Gasteiger partial charge in [-0.1, -0.05) is 25.8 Å². The van der Waals surface area contributed by atoms with Gasteiger partial charge in [-0.25, -0.2) is 0 Å². The van der Waals surface area contributed by atoms with Gasteiger partial charge in [-0.15, -0.1) is 0 Å². The van der Waals surface area contributed by atoms with Gasteiger partial charge in [-0.2, -0.15) is 0 Å². The molecule has 2 N–H and O–H groups in total. The highest BCUT2D eigenvalue weighted by atomic mass is 16.5. The molecule has 1 atom stereocenters. The number of hydrogen-bond donors (Lipinski definition) is 2. The Kier molecular flexibility index (Phi) is 6.40. The third kappa shape index (κ3) is 4.84. The summed E-state index contributed by atoms with van der Waals surface area (Å²) in [7, 11) is 0. The molecule has 0 aliphatic carbocycles. The van der Waals surface area contributed by atoms with E-state index in [0.717, 1.165) is 32.1 Å². The lowest BCUT2D eigenvalue weighted by atomic mass is 10.1. The predicted molar refractivity (Wildman–Crippen MR) is 85.9 cm³/mol. The molecular formula is C17H24N2O3. The van der Waals surface area contributed by atoms with Crippen molar-refractivity contribution < 1.29 is 14.3 Å². The number of anilines is 1. The number of unbranched alkanes of at least 4 members (excludes halogenated alkanes) is 2. The Labute approximate surface area is 131 Å². The molecule has 2 amide bonds. The van der Waals surface area contributed by atoms with Crippen molar-refractivity contribution in [2.45, 2.75) is 45.1 Å². The third-order valence-electron chi connectivity index (χ3n) is 3.68. The number of carbonyl (C=O) groups excluding carboxylic acids is 2. The molecule has 1 fully saturated rings. The first-order valence-corrected chi connectivity index (χ1v) is 8.01. The topological polar surface area (TPSA) is 67.4 Å². The van der Waals surface area contributed by atoms with E-state index in [-0.39, 0.29) is 17.9 Å². The summed E-state index contributed by atoms with van der Waals surface area (Å²) in [6, 6.07) is 6.99. The molecule has 1 aromatic carbocycles. The quantitative estimate of drug-likeness (QED) is 0.761. The maximum Gasteiger partial charge on any atom is 0.253 e. The highest BCUT2D eigenvalue weighted by Crippen LogP contribution is 2.16. The molecular weight excluding hydrogens is 280 g/mol. The summed E-state index contributed by atoms with van der Waals surface area (Å²) in [6.07, 6.45) is 4.52. The second-order valence-corrected chi connectivity index (χ2v) is 5.53. The second-order valence-electron chi connectivity index (χ2n) is 5.53. The Morgan fingerprint density at radius 3 is 2.91 bits per heavy atom. The van der Waals surface area contributed by atoms with Gasteiger partial charge in [0.1, 0.15) is 6.10 Å². The number of hydrogen-bond acceptors (Lipinski definition) is 3. The molecule has 1 aromatic rings. The number of nitrogens with one attached hydrogen (secondary N) is 2. The zero-order chi connectivity index (χ0) is 15.8. The molecule has 1 saturated heterocycles. The van der Waals surface area contributed by atoms with E-state index in [1.807, 2.05) is 0 Å². The summed E-state index contributed by atoms with van der Waals surface area (Å²) in [5.41, 5.74) is 1.18. The van der Waals surface area contributed by atoms with E-state index in [0.29, 0.717) is 24.4 Å². The van der Waals surface area contributed by atoms with Gasteiger partial charge in [-0.3, -0.25) is 9.59 Å². The fourth-order valence-corrected chi connectivity index (χ4v) is 2.42. The Balaban J connectivity index is 1.88. The fourth-order valence-electron chi connectivity index (χ4n) is 2.42. The van der Waals surface area contributed by atoms with E-state index < -0.39 is 0 Å². The average Bonchev–Trinajstić information content (AvgIpc) is 3.06.